The third-order valence-electron chi connectivity index (χ3n) is 3.50. The highest BCUT2D eigenvalue weighted by Crippen LogP contribution is 2.34. The Labute approximate surface area is 113 Å². The van der Waals surface area contributed by atoms with Crippen LogP contribution < -0.4 is 10.6 Å². The fourth-order valence-electron chi connectivity index (χ4n) is 2.59. The minimum Gasteiger partial charge on any atom is -0.384 e. The van der Waals surface area contributed by atoms with Crippen molar-refractivity contribution in [2.45, 2.75) is 32.7 Å². The van der Waals surface area contributed by atoms with Crippen LogP contribution in [0.1, 0.15) is 32.3 Å². The number of nitrogen functional groups attached to an aromatic ring is 1. The maximum absolute atomic E-state index is 7.53. The molecule has 18 heavy (non-hydrogen) atoms. The van der Waals surface area contributed by atoms with E-state index in [1.54, 1.807) is 12.3 Å². The van der Waals surface area contributed by atoms with E-state index < -0.39 is 0 Å². The molecule has 0 radical (unpaired) electrons. The van der Waals surface area contributed by atoms with E-state index in [1.807, 2.05) is 0 Å². The number of rotatable bonds is 3. The topological polar surface area (TPSA) is 66.0 Å². The normalized spacial score (nSPS) is 19.6. The van der Waals surface area contributed by atoms with Crippen molar-refractivity contribution in [3.63, 3.8) is 0 Å². The number of hydrogen-bond donors (Lipinski definition) is 2. The molecular weight excluding hydrogens is 248 g/mol. The Hall–Kier alpha value is -1.29. The summed E-state index contributed by atoms with van der Waals surface area (Å²) in [4.78, 5) is 6.63. The quantitative estimate of drug-likeness (QED) is 0.653. The molecule has 4 nitrogen and oxygen atoms in total. The minimum absolute atomic E-state index is 0.0102. The van der Waals surface area contributed by atoms with Gasteiger partial charge in [0, 0.05) is 24.3 Å². The number of halogens is 1. The smallest absolute Gasteiger partial charge is 0.148 e. The predicted octanol–water partition coefficient (Wildman–Crippen LogP) is 2.64. The minimum atomic E-state index is -0.0102. The second-order valence-electron chi connectivity index (χ2n) is 5.06. The first-order chi connectivity index (χ1) is 8.52. The monoisotopic (exact) mass is 266 g/mol. The van der Waals surface area contributed by atoms with Crippen molar-refractivity contribution in [2.75, 3.05) is 11.4 Å². The molecule has 1 fully saturated rings. The van der Waals surface area contributed by atoms with Crippen LogP contribution in [0.4, 0.5) is 5.82 Å². The van der Waals surface area contributed by atoms with Gasteiger partial charge in [-0.05, 0) is 24.8 Å². The molecule has 0 saturated carbocycles. The molecular formula is C13H19ClN4. The number of aromatic nitrogens is 1. The zero-order valence-electron chi connectivity index (χ0n) is 10.8. The molecule has 0 spiro atoms. The number of anilines is 1. The first-order valence-electron chi connectivity index (χ1n) is 6.28. The number of nitrogens with one attached hydrogen (secondary N) is 1. The van der Waals surface area contributed by atoms with Gasteiger partial charge in [0.2, 0.25) is 0 Å². The zero-order chi connectivity index (χ0) is 13.3. The van der Waals surface area contributed by atoms with Crippen LogP contribution >= 0.6 is 11.6 Å². The van der Waals surface area contributed by atoms with Gasteiger partial charge in [-0.1, -0.05) is 25.4 Å². The van der Waals surface area contributed by atoms with Gasteiger partial charge in [-0.25, -0.2) is 4.98 Å². The lowest BCUT2D eigenvalue weighted by molar-refractivity contribution is 0.489. The fourth-order valence-corrected chi connectivity index (χ4v) is 2.91. The Kier molecular flexibility index (Phi) is 3.76. The van der Waals surface area contributed by atoms with Crippen LogP contribution in [-0.4, -0.2) is 23.4 Å². The third kappa shape index (κ3) is 2.29. The van der Waals surface area contributed by atoms with E-state index in [9.17, 15) is 0 Å². The molecule has 0 aliphatic carbocycles. The molecule has 2 heterocycles. The van der Waals surface area contributed by atoms with E-state index in [0.29, 0.717) is 22.5 Å². The summed E-state index contributed by atoms with van der Waals surface area (Å²) in [7, 11) is 0. The number of amidine groups is 1. The van der Waals surface area contributed by atoms with Crippen LogP contribution in [0.3, 0.4) is 0 Å². The maximum Gasteiger partial charge on any atom is 0.148 e. The summed E-state index contributed by atoms with van der Waals surface area (Å²) in [5, 5.41) is 8.02. The van der Waals surface area contributed by atoms with Gasteiger partial charge in [-0.3, -0.25) is 5.41 Å². The molecule has 1 aromatic heterocycles. The van der Waals surface area contributed by atoms with Gasteiger partial charge in [-0.15, -0.1) is 0 Å². The van der Waals surface area contributed by atoms with E-state index in [0.717, 1.165) is 18.8 Å². The summed E-state index contributed by atoms with van der Waals surface area (Å²) >= 11 is 6.33. The van der Waals surface area contributed by atoms with E-state index in [-0.39, 0.29) is 5.84 Å². The standard InChI is InChI=1S/C13H19ClN4/c1-8(2)10-4-3-7-18(10)13-11(14)9(12(15)16)5-6-17-13/h5-6,8,10H,3-4,7H2,1-2H3,(H3,15,16). The number of pyridine rings is 1. The van der Waals surface area contributed by atoms with Crippen molar-refractivity contribution in [3.05, 3.63) is 22.8 Å². The molecule has 0 amide bonds. The van der Waals surface area contributed by atoms with Crippen molar-refractivity contribution in [1.29, 1.82) is 5.41 Å². The highest BCUT2D eigenvalue weighted by Gasteiger charge is 2.30. The van der Waals surface area contributed by atoms with Crippen molar-refractivity contribution in [1.82, 2.24) is 4.98 Å². The van der Waals surface area contributed by atoms with E-state index in [4.69, 9.17) is 22.7 Å². The van der Waals surface area contributed by atoms with Gasteiger partial charge in [-0.2, -0.15) is 0 Å². The van der Waals surface area contributed by atoms with E-state index >= 15 is 0 Å². The molecule has 1 aliphatic heterocycles. The van der Waals surface area contributed by atoms with Crippen LogP contribution in [0.5, 0.6) is 0 Å². The van der Waals surface area contributed by atoms with Crippen LogP contribution in [0.15, 0.2) is 12.3 Å². The first kappa shape index (κ1) is 13.1. The Morgan fingerprint density at radius 3 is 2.94 bits per heavy atom. The van der Waals surface area contributed by atoms with Crippen molar-refractivity contribution in [2.24, 2.45) is 11.7 Å². The summed E-state index contributed by atoms with van der Waals surface area (Å²) in [5.41, 5.74) is 6.09. The third-order valence-corrected chi connectivity index (χ3v) is 3.87. The van der Waals surface area contributed by atoms with E-state index in [1.165, 1.54) is 6.42 Å². The van der Waals surface area contributed by atoms with Crippen LogP contribution in [-0.2, 0) is 0 Å². The number of nitrogens with zero attached hydrogens (tertiary/aromatic N) is 2. The number of hydrogen-bond acceptors (Lipinski definition) is 3. The predicted molar refractivity (Wildman–Crippen MR) is 75.5 cm³/mol. The summed E-state index contributed by atoms with van der Waals surface area (Å²) < 4.78 is 0. The summed E-state index contributed by atoms with van der Waals surface area (Å²) in [6, 6.07) is 2.16. The lowest BCUT2D eigenvalue weighted by atomic mass is 10.0. The molecule has 3 N–H and O–H groups in total. The highest BCUT2D eigenvalue weighted by molar-refractivity contribution is 6.36. The van der Waals surface area contributed by atoms with Crippen molar-refractivity contribution >= 4 is 23.3 Å². The maximum atomic E-state index is 7.53. The Bertz CT molecular complexity index is 458. The average molecular weight is 267 g/mol. The van der Waals surface area contributed by atoms with Gasteiger partial charge in [0.1, 0.15) is 11.7 Å². The molecule has 1 aliphatic rings. The molecule has 0 aromatic carbocycles. The fraction of sp³-hybridized carbons (Fsp3) is 0.538. The SMILES string of the molecule is CC(C)C1CCCN1c1nccc(C(=N)N)c1Cl. The lowest BCUT2D eigenvalue weighted by Crippen LogP contribution is -2.34. The molecule has 5 heteroatoms. The summed E-state index contributed by atoms with van der Waals surface area (Å²) in [6.45, 7) is 5.40. The molecule has 1 saturated heterocycles. The largest absolute Gasteiger partial charge is 0.384 e. The second-order valence-corrected chi connectivity index (χ2v) is 5.43. The molecule has 1 aromatic rings. The van der Waals surface area contributed by atoms with Crippen LogP contribution in [0.25, 0.3) is 0 Å². The van der Waals surface area contributed by atoms with Crippen molar-refractivity contribution in [3.8, 4) is 0 Å². The molecule has 98 valence electrons. The summed E-state index contributed by atoms with van der Waals surface area (Å²) in [5.74, 6) is 1.32. The number of nitrogens with two attached hydrogens (primary N) is 1. The first-order valence-corrected chi connectivity index (χ1v) is 6.65. The second kappa shape index (κ2) is 5.14. The van der Waals surface area contributed by atoms with Gasteiger partial charge >= 0.3 is 0 Å². The van der Waals surface area contributed by atoms with Crippen molar-refractivity contribution < 1.29 is 0 Å². The van der Waals surface area contributed by atoms with Gasteiger partial charge < -0.3 is 10.6 Å². The lowest BCUT2D eigenvalue weighted by Gasteiger charge is -2.29. The van der Waals surface area contributed by atoms with Crippen LogP contribution in [0, 0.1) is 11.3 Å². The van der Waals surface area contributed by atoms with Gasteiger partial charge in [0.15, 0.2) is 0 Å². The Balaban J connectivity index is 2.39. The highest BCUT2D eigenvalue weighted by atomic mass is 35.5. The molecule has 1 atom stereocenters. The molecule has 0 bridgehead atoms. The zero-order valence-corrected chi connectivity index (χ0v) is 11.5. The average Bonchev–Trinajstić information content (AvgIpc) is 2.77. The van der Waals surface area contributed by atoms with E-state index in [2.05, 4.69) is 23.7 Å². The van der Waals surface area contributed by atoms with Gasteiger partial charge in [0.05, 0.1) is 5.02 Å². The Morgan fingerprint density at radius 2 is 2.33 bits per heavy atom. The molecule has 1 unspecified atom stereocenters. The summed E-state index contributed by atoms with van der Waals surface area (Å²) in [6.07, 6.45) is 4.00. The van der Waals surface area contributed by atoms with Crippen LogP contribution in [0.2, 0.25) is 5.02 Å². The van der Waals surface area contributed by atoms with Gasteiger partial charge in [0.25, 0.3) is 0 Å². The Morgan fingerprint density at radius 1 is 1.61 bits per heavy atom. The molecule has 2 rings (SSSR count).